The second kappa shape index (κ2) is 14.5. The van der Waals surface area contributed by atoms with E-state index >= 15 is 0 Å². The third-order valence-corrected chi connectivity index (χ3v) is 6.71. The summed E-state index contributed by atoms with van der Waals surface area (Å²) in [6.07, 6.45) is 18.3. The number of oxime groups is 1. The molecule has 1 aliphatic rings. The maximum Gasteiger partial charge on any atom is 0.347 e. The number of nitrogens with zero attached hydrogens (tertiary/aromatic N) is 2. The zero-order valence-electron chi connectivity index (χ0n) is 20.2. The molecular weight excluding hydrogens is 472 g/mol. The first kappa shape index (κ1) is 28.4. The van der Waals surface area contributed by atoms with Gasteiger partial charge in [0.1, 0.15) is 23.1 Å². The average Bonchev–Trinajstić information content (AvgIpc) is 2.81. The Hall–Kier alpha value is -2.85. The van der Waals surface area contributed by atoms with Gasteiger partial charge in [-0.05, 0) is 36.8 Å². The molecule has 1 aliphatic heterocycles. The summed E-state index contributed by atoms with van der Waals surface area (Å²) in [7, 11) is -4.57. The second-order valence-corrected chi connectivity index (χ2v) is 10.0. The third kappa shape index (κ3) is 9.37. The lowest BCUT2D eigenvalue weighted by molar-refractivity contribution is 0.0583. The third-order valence-electron chi connectivity index (χ3n) is 5.86. The van der Waals surface area contributed by atoms with Gasteiger partial charge in [-0.3, -0.25) is 4.55 Å². The van der Waals surface area contributed by atoms with Gasteiger partial charge in [-0.15, -0.1) is 0 Å². The van der Waals surface area contributed by atoms with E-state index in [-0.39, 0.29) is 5.76 Å². The SMILES string of the molecule is CCCCCCCCCCCCN1C=CC=C(OC(=O)c2cc(S(=O)(=O)O)ccc2O)C1C=NO. The number of phenols is 1. The molecule has 0 aliphatic carbocycles. The van der Waals surface area contributed by atoms with E-state index in [9.17, 15) is 22.9 Å². The normalized spacial score (nSPS) is 16.0. The molecule has 0 aromatic heterocycles. The van der Waals surface area contributed by atoms with Gasteiger partial charge in [0.25, 0.3) is 10.1 Å². The predicted molar refractivity (Wildman–Crippen MR) is 133 cm³/mol. The van der Waals surface area contributed by atoms with Crippen molar-refractivity contribution in [1.29, 1.82) is 0 Å². The van der Waals surface area contributed by atoms with Crippen molar-refractivity contribution in [3.63, 3.8) is 0 Å². The van der Waals surface area contributed by atoms with Crippen molar-refractivity contribution in [2.75, 3.05) is 6.54 Å². The lowest BCUT2D eigenvalue weighted by Crippen LogP contribution is -2.37. The lowest BCUT2D eigenvalue weighted by Gasteiger charge is -2.31. The highest BCUT2D eigenvalue weighted by Crippen LogP contribution is 2.25. The number of esters is 1. The number of aromatic hydroxyl groups is 1. The average molecular weight is 509 g/mol. The van der Waals surface area contributed by atoms with Gasteiger partial charge in [0.05, 0.1) is 11.1 Å². The Morgan fingerprint density at radius 2 is 1.71 bits per heavy atom. The van der Waals surface area contributed by atoms with Crippen LogP contribution in [0, 0.1) is 0 Å². The summed E-state index contributed by atoms with van der Waals surface area (Å²) in [5.41, 5.74) is -0.420. The van der Waals surface area contributed by atoms with E-state index < -0.39 is 38.3 Å². The second-order valence-electron chi connectivity index (χ2n) is 8.58. The first-order valence-corrected chi connectivity index (χ1v) is 13.6. The Morgan fingerprint density at radius 3 is 2.31 bits per heavy atom. The molecule has 9 nitrogen and oxygen atoms in total. The number of phenolic OH excluding ortho intramolecular Hbond substituents is 1. The molecule has 0 saturated heterocycles. The highest BCUT2D eigenvalue weighted by molar-refractivity contribution is 7.85. The minimum atomic E-state index is -4.57. The number of allylic oxidation sites excluding steroid dienone is 2. The van der Waals surface area contributed by atoms with Crippen LogP contribution < -0.4 is 0 Å². The van der Waals surface area contributed by atoms with E-state index in [1.165, 1.54) is 57.2 Å². The number of hydrogen-bond donors (Lipinski definition) is 3. The fourth-order valence-corrected chi connectivity index (χ4v) is 4.42. The summed E-state index contributed by atoms with van der Waals surface area (Å²) in [4.78, 5) is 14.0. The van der Waals surface area contributed by atoms with Crippen LogP contribution in [0.3, 0.4) is 0 Å². The maximum absolute atomic E-state index is 12.7. The topological polar surface area (TPSA) is 137 Å². The molecule has 0 amide bonds. The van der Waals surface area contributed by atoms with Crippen LogP contribution in [0.25, 0.3) is 0 Å². The minimum absolute atomic E-state index is 0.152. The Balaban J connectivity index is 1.91. The molecule has 0 radical (unpaired) electrons. The molecule has 0 fully saturated rings. The van der Waals surface area contributed by atoms with Gasteiger partial charge < -0.3 is 20.0 Å². The van der Waals surface area contributed by atoms with Crippen LogP contribution in [-0.2, 0) is 14.9 Å². The summed E-state index contributed by atoms with van der Waals surface area (Å²) in [6, 6.07) is 2.14. The lowest BCUT2D eigenvalue weighted by atomic mass is 10.1. The zero-order valence-corrected chi connectivity index (χ0v) is 21.0. The van der Waals surface area contributed by atoms with E-state index in [1.807, 2.05) is 11.1 Å². The van der Waals surface area contributed by atoms with E-state index in [1.54, 1.807) is 6.08 Å². The molecule has 1 aromatic rings. The Kier molecular flexibility index (Phi) is 11.8. The van der Waals surface area contributed by atoms with Crippen molar-refractivity contribution in [2.24, 2.45) is 5.16 Å². The van der Waals surface area contributed by atoms with Crippen LogP contribution in [0.5, 0.6) is 5.75 Å². The van der Waals surface area contributed by atoms with Crippen LogP contribution in [0.1, 0.15) is 81.5 Å². The smallest absolute Gasteiger partial charge is 0.347 e. The Labute approximate surface area is 207 Å². The van der Waals surface area contributed by atoms with Crippen molar-refractivity contribution < 1.29 is 32.8 Å². The summed E-state index contributed by atoms with van der Waals surface area (Å²) in [5, 5.41) is 22.2. The van der Waals surface area contributed by atoms with Crippen LogP contribution in [0.15, 0.2) is 52.4 Å². The monoisotopic (exact) mass is 508 g/mol. The van der Waals surface area contributed by atoms with Crippen molar-refractivity contribution in [1.82, 2.24) is 4.90 Å². The molecule has 1 atom stereocenters. The van der Waals surface area contributed by atoms with Crippen molar-refractivity contribution in [3.05, 3.63) is 47.9 Å². The summed E-state index contributed by atoms with van der Waals surface area (Å²) in [5.74, 6) is -1.35. The standard InChI is InChI=1S/C25H36N2O7S/c1-2-3-4-5-6-7-8-9-10-11-16-27-17-12-13-24(22(27)19-26-30)34-25(29)21-18-20(35(31,32)33)14-15-23(21)28/h12-15,17-19,22,28,30H,2-11,16H2,1H3,(H,31,32,33). The molecule has 1 aromatic carbocycles. The summed E-state index contributed by atoms with van der Waals surface area (Å²) >= 11 is 0. The van der Waals surface area contributed by atoms with E-state index in [0.29, 0.717) is 6.54 Å². The number of hydrogen-bond acceptors (Lipinski definition) is 8. The van der Waals surface area contributed by atoms with Gasteiger partial charge >= 0.3 is 5.97 Å². The quantitative estimate of drug-likeness (QED) is 0.0729. The van der Waals surface area contributed by atoms with E-state index in [4.69, 9.17) is 9.94 Å². The highest BCUT2D eigenvalue weighted by atomic mass is 32.2. The van der Waals surface area contributed by atoms with Gasteiger partial charge in [-0.1, -0.05) is 69.9 Å². The van der Waals surface area contributed by atoms with Crippen LogP contribution >= 0.6 is 0 Å². The fourth-order valence-electron chi connectivity index (χ4n) is 3.92. The van der Waals surface area contributed by atoms with Gasteiger partial charge in [-0.25, -0.2) is 4.79 Å². The molecule has 0 spiro atoms. The molecule has 0 saturated carbocycles. The van der Waals surface area contributed by atoms with Crippen molar-refractivity contribution in [3.8, 4) is 5.75 Å². The minimum Gasteiger partial charge on any atom is -0.507 e. The number of carbonyl (C=O) groups excluding carboxylic acids is 1. The molecule has 1 heterocycles. The maximum atomic E-state index is 12.7. The van der Waals surface area contributed by atoms with Crippen LogP contribution in [-0.4, -0.2) is 53.0 Å². The fraction of sp³-hybridized carbons (Fsp3) is 0.520. The van der Waals surface area contributed by atoms with Crippen molar-refractivity contribution in [2.45, 2.75) is 82.1 Å². The Bertz CT molecular complexity index is 1020. The number of rotatable bonds is 15. The molecule has 2 rings (SSSR count). The first-order valence-electron chi connectivity index (χ1n) is 12.1. The Morgan fingerprint density at radius 1 is 1.09 bits per heavy atom. The predicted octanol–water partition coefficient (Wildman–Crippen LogP) is 5.26. The highest BCUT2D eigenvalue weighted by Gasteiger charge is 2.26. The summed E-state index contributed by atoms with van der Waals surface area (Å²) in [6.45, 7) is 2.87. The number of benzene rings is 1. The molecular formula is C25H36N2O7S. The van der Waals surface area contributed by atoms with Gasteiger partial charge in [0.15, 0.2) is 0 Å². The van der Waals surface area contributed by atoms with E-state index in [2.05, 4.69) is 12.1 Å². The molecule has 35 heavy (non-hydrogen) atoms. The molecule has 0 bridgehead atoms. The molecule has 1 unspecified atom stereocenters. The summed E-state index contributed by atoms with van der Waals surface area (Å²) < 4.78 is 37.4. The first-order chi connectivity index (χ1) is 16.8. The molecule has 194 valence electrons. The molecule has 3 N–H and O–H groups in total. The number of carbonyl (C=O) groups is 1. The van der Waals surface area contributed by atoms with Crippen LogP contribution in [0.2, 0.25) is 0 Å². The largest absolute Gasteiger partial charge is 0.507 e. The van der Waals surface area contributed by atoms with Crippen molar-refractivity contribution >= 4 is 22.3 Å². The van der Waals surface area contributed by atoms with Gasteiger partial charge in [-0.2, -0.15) is 8.42 Å². The van der Waals surface area contributed by atoms with Gasteiger partial charge in [0.2, 0.25) is 0 Å². The van der Waals surface area contributed by atoms with Gasteiger partial charge in [0, 0.05) is 12.7 Å². The van der Waals surface area contributed by atoms with E-state index in [0.717, 1.165) is 37.5 Å². The zero-order chi connectivity index (χ0) is 25.7. The van der Waals surface area contributed by atoms with Crippen LogP contribution in [0.4, 0.5) is 0 Å². The molecule has 10 heteroatoms. The number of ether oxygens (including phenoxy) is 1. The number of unbranched alkanes of at least 4 members (excludes halogenated alkanes) is 9.